The molecule has 19 heavy (non-hydrogen) atoms. The summed E-state index contributed by atoms with van der Waals surface area (Å²) in [6.07, 6.45) is 13.5. The van der Waals surface area contributed by atoms with E-state index in [0.29, 0.717) is 12.0 Å². The van der Waals surface area contributed by atoms with Crippen LogP contribution in [-0.4, -0.2) is 22.4 Å². The van der Waals surface area contributed by atoms with Gasteiger partial charge in [-0.3, -0.25) is 4.68 Å². The second-order valence-corrected chi connectivity index (χ2v) is 5.90. The maximum absolute atomic E-state index is 4.50. The van der Waals surface area contributed by atoms with Crippen LogP contribution in [0.3, 0.4) is 0 Å². The molecule has 108 valence electrons. The van der Waals surface area contributed by atoms with Crippen LogP contribution in [0.2, 0.25) is 0 Å². The molecule has 0 aliphatic heterocycles. The van der Waals surface area contributed by atoms with Crippen molar-refractivity contribution in [2.75, 3.05) is 6.54 Å². The summed E-state index contributed by atoms with van der Waals surface area (Å²) >= 11 is 0. The van der Waals surface area contributed by atoms with E-state index in [1.165, 1.54) is 44.1 Å². The minimum atomic E-state index is 0.710. The van der Waals surface area contributed by atoms with Crippen LogP contribution in [0.1, 0.15) is 70.3 Å². The lowest BCUT2D eigenvalue weighted by Crippen LogP contribution is -2.30. The van der Waals surface area contributed by atoms with Gasteiger partial charge in [0.05, 0.1) is 6.20 Å². The zero-order valence-electron chi connectivity index (χ0n) is 12.6. The number of aryl methyl sites for hydroxylation is 1. The first-order valence-electron chi connectivity index (χ1n) is 8.09. The van der Waals surface area contributed by atoms with Crippen molar-refractivity contribution >= 4 is 0 Å². The molecule has 1 aromatic rings. The molecule has 0 saturated heterocycles. The summed E-state index contributed by atoms with van der Waals surface area (Å²) in [5, 5.41) is 8.21. The molecule has 0 amide bonds. The molecule has 0 aromatic carbocycles. The highest BCUT2D eigenvalue weighted by molar-refractivity contribution is 5.12. The lowest BCUT2D eigenvalue weighted by Gasteiger charge is -2.20. The topological polar surface area (TPSA) is 29.9 Å². The van der Waals surface area contributed by atoms with Crippen molar-refractivity contribution in [2.45, 2.75) is 77.3 Å². The van der Waals surface area contributed by atoms with Gasteiger partial charge in [0.25, 0.3) is 0 Å². The Morgan fingerprint density at radius 3 is 2.89 bits per heavy atom. The predicted molar refractivity (Wildman–Crippen MR) is 80.4 cm³/mol. The van der Waals surface area contributed by atoms with Crippen LogP contribution >= 0.6 is 0 Å². The molecule has 2 atom stereocenters. The fourth-order valence-corrected chi connectivity index (χ4v) is 3.14. The number of rotatable bonds is 6. The summed E-state index contributed by atoms with van der Waals surface area (Å²) in [6, 6.07) is 0.710. The zero-order valence-corrected chi connectivity index (χ0v) is 12.6. The van der Waals surface area contributed by atoms with Gasteiger partial charge < -0.3 is 5.32 Å². The van der Waals surface area contributed by atoms with Gasteiger partial charge in [-0.25, -0.2) is 0 Å². The Bertz CT molecular complexity index is 359. The van der Waals surface area contributed by atoms with Gasteiger partial charge in [-0.05, 0) is 50.1 Å². The van der Waals surface area contributed by atoms with Crippen molar-refractivity contribution < 1.29 is 0 Å². The van der Waals surface area contributed by atoms with Gasteiger partial charge in [-0.15, -0.1) is 0 Å². The number of hydrogen-bond acceptors (Lipinski definition) is 2. The second kappa shape index (κ2) is 7.68. The second-order valence-electron chi connectivity index (χ2n) is 5.90. The summed E-state index contributed by atoms with van der Waals surface area (Å²) in [6.45, 7) is 6.66. The van der Waals surface area contributed by atoms with E-state index in [1.807, 2.05) is 0 Å². The Labute approximate surface area is 117 Å². The average molecular weight is 263 g/mol. The Morgan fingerprint density at radius 2 is 2.11 bits per heavy atom. The molecule has 1 aliphatic carbocycles. The standard InChI is InChI=1S/C16H29N3/c1-3-9-17-16-8-6-5-7-14(11-16)15-12-18-19(13-15)10-4-2/h12-14,16-17H,3-11H2,1-2H3. The van der Waals surface area contributed by atoms with Gasteiger partial charge in [0.2, 0.25) is 0 Å². The van der Waals surface area contributed by atoms with E-state index < -0.39 is 0 Å². The smallest absolute Gasteiger partial charge is 0.0524 e. The Balaban J connectivity index is 1.96. The van der Waals surface area contributed by atoms with E-state index in [9.17, 15) is 0 Å². The zero-order chi connectivity index (χ0) is 13.5. The summed E-state index contributed by atoms with van der Waals surface area (Å²) in [4.78, 5) is 0. The quantitative estimate of drug-likeness (QED) is 0.793. The van der Waals surface area contributed by atoms with E-state index in [0.717, 1.165) is 19.5 Å². The van der Waals surface area contributed by atoms with Crippen molar-refractivity contribution in [2.24, 2.45) is 0 Å². The minimum absolute atomic E-state index is 0.710. The van der Waals surface area contributed by atoms with Crippen molar-refractivity contribution in [3.8, 4) is 0 Å². The van der Waals surface area contributed by atoms with Crippen LogP contribution in [0.25, 0.3) is 0 Å². The Kier molecular flexibility index (Phi) is 5.90. The summed E-state index contributed by atoms with van der Waals surface area (Å²) < 4.78 is 2.11. The fourth-order valence-electron chi connectivity index (χ4n) is 3.14. The molecular weight excluding hydrogens is 234 g/mol. The van der Waals surface area contributed by atoms with Crippen LogP contribution in [0.4, 0.5) is 0 Å². The molecule has 1 heterocycles. The van der Waals surface area contributed by atoms with Gasteiger partial charge in [0.1, 0.15) is 0 Å². The molecule has 1 aliphatic rings. The molecule has 1 fully saturated rings. The SMILES string of the molecule is CCCNC1CCCCC(c2cnn(CCC)c2)C1. The van der Waals surface area contributed by atoms with Crippen LogP contribution in [0.15, 0.2) is 12.4 Å². The highest BCUT2D eigenvalue weighted by Gasteiger charge is 2.22. The molecule has 1 aromatic heterocycles. The third-order valence-corrected chi connectivity index (χ3v) is 4.18. The Morgan fingerprint density at radius 1 is 1.26 bits per heavy atom. The number of nitrogens with one attached hydrogen (secondary N) is 1. The molecule has 0 bridgehead atoms. The van der Waals surface area contributed by atoms with Crippen LogP contribution in [0, 0.1) is 0 Å². The first-order valence-corrected chi connectivity index (χ1v) is 8.09. The van der Waals surface area contributed by atoms with E-state index in [1.54, 1.807) is 0 Å². The average Bonchev–Trinajstić information content (AvgIpc) is 2.75. The molecule has 3 heteroatoms. The largest absolute Gasteiger partial charge is 0.314 e. The molecule has 1 saturated carbocycles. The minimum Gasteiger partial charge on any atom is -0.314 e. The third-order valence-electron chi connectivity index (χ3n) is 4.18. The summed E-state index contributed by atoms with van der Waals surface area (Å²) in [5.41, 5.74) is 1.46. The lowest BCUT2D eigenvalue weighted by atomic mass is 9.92. The van der Waals surface area contributed by atoms with Gasteiger partial charge >= 0.3 is 0 Å². The van der Waals surface area contributed by atoms with Crippen molar-refractivity contribution in [1.82, 2.24) is 15.1 Å². The first-order chi connectivity index (χ1) is 9.33. The summed E-state index contributed by atoms with van der Waals surface area (Å²) in [5.74, 6) is 0.711. The highest BCUT2D eigenvalue weighted by atomic mass is 15.3. The van der Waals surface area contributed by atoms with Crippen molar-refractivity contribution in [3.05, 3.63) is 18.0 Å². The highest BCUT2D eigenvalue weighted by Crippen LogP contribution is 2.31. The van der Waals surface area contributed by atoms with Crippen molar-refractivity contribution in [3.63, 3.8) is 0 Å². The third kappa shape index (κ3) is 4.34. The monoisotopic (exact) mass is 263 g/mol. The molecule has 0 radical (unpaired) electrons. The van der Waals surface area contributed by atoms with E-state index in [-0.39, 0.29) is 0 Å². The predicted octanol–water partition coefficient (Wildman–Crippen LogP) is 3.71. The van der Waals surface area contributed by atoms with E-state index in [4.69, 9.17) is 0 Å². The van der Waals surface area contributed by atoms with Crippen LogP contribution in [-0.2, 0) is 6.54 Å². The molecular formula is C16H29N3. The number of nitrogens with zero attached hydrogens (tertiary/aromatic N) is 2. The maximum Gasteiger partial charge on any atom is 0.0524 e. The van der Waals surface area contributed by atoms with Crippen molar-refractivity contribution in [1.29, 1.82) is 0 Å². The van der Waals surface area contributed by atoms with E-state index in [2.05, 4.69) is 41.3 Å². The Hall–Kier alpha value is -0.830. The summed E-state index contributed by atoms with van der Waals surface area (Å²) in [7, 11) is 0. The first kappa shape index (κ1) is 14.6. The fraction of sp³-hybridized carbons (Fsp3) is 0.812. The van der Waals surface area contributed by atoms with Crippen LogP contribution < -0.4 is 5.32 Å². The van der Waals surface area contributed by atoms with Gasteiger partial charge in [-0.2, -0.15) is 5.10 Å². The number of hydrogen-bond donors (Lipinski definition) is 1. The lowest BCUT2D eigenvalue weighted by molar-refractivity contribution is 0.439. The number of aromatic nitrogens is 2. The molecule has 3 nitrogen and oxygen atoms in total. The van der Waals surface area contributed by atoms with Gasteiger partial charge in [0.15, 0.2) is 0 Å². The normalized spacial score (nSPS) is 24.3. The molecule has 1 N–H and O–H groups in total. The van der Waals surface area contributed by atoms with Gasteiger partial charge in [-0.1, -0.05) is 26.7 Å². The van der Waals surface area contributed by atoms with Crippen LogP contribution in [0.5, 0.6) is 0 Å². The molecule has 2 rings (SSSR count). The molecule has 2 unspecified atom stereocenters. The molecule has 0 spiro atoms. The maximum atomic E-state index is 4.50. The van der Waals surface area contributed by atoms with Gasteiger partial charge in [0, 0.05) is 18.8 Å². The van der Waals surface area contributed by atoms with E-state index >= 15 is 0 Å².